The zero-order valence-electron chi connectivity index (χ0n) is 9.79. The van der Waals surface area contributed by atoms with E-state index in [-0.39, 0.29) is 5.75 Å². The van der Waals surface area contributed by atoms with Gasteiger partial charge in [-0.15, -0.1) is 0 Å². The molecule has 1 aliphatic heterocycles. The quantitative estimate of drug-likeness (QED) is 0.869. The average molecular weight is 256 g/mol. The predicted molar refractivity (Wildman–Crippen MR) is 68.4 cm³/mol. The first-order valence-corrected chi connectivity index (χ1v) is 6.43. The second kappa shape index (κ2) is 6.24. The number of nitrogens with one attached hydrogen (secondary N) is 1. The molecule has 94 valence electrons. The van der Waals surface area contributed by atoms with Gasteiger partial charge in [-0.1, -0.05) is 17.7 Å². The highest BCUT2D eigenvalue weighted by Crippen LogP contribution is 2.23. The lowest BCUT2D eigenvalue weighted by molar-refractivity contribution is 0.0168. The van der Waals surface area contributed by atoms with Crippen LogP contribution < -0.4 is 5.32 Å². The van der Waals surface area contributed by atoms with Crippen molar-refractivity contribution in [2.24, 2.45) is 0 Å². The van der Waals surface area contributed by atoms with Gasteiger partial charge < -0.3 is 15.2 Å². The van der Waals surface area contributed by atoms with Crippen LogP contribution in [0.5, 0.6) is 5.75 Å². The second-order valence-corrected chi connectivity index (χ2v) is 4.81. The van der Waals surface area contributed by atoms with Crippen molar-refractivity contribution in [3.05, 3.63) is 28.8 Å². The van der Waals surface area contributed by atoms with Gasteiger partial charge in [0.05, 0.1) is 11.1 Å². The molecule has 17 heavy (non-hydrogen) atoms. The minimum absolute atomic E-state index is 0.131. The summed E-state index contributed by atoms with van der Waals surface area (Å²) in [5, 5.41) is 13.1. The first kappa shape index (κ1) is 12.7. The van der Waals surface area contributed by atoms with Crippen LogP contribution in [0, 0.1) is 0 Å². The maximum atomic E-state index is 9.30. The largest absolute Gasteiger partial charge is 0.506 e. The van der Waals surface area contributed by atoms with Gasteiger partial charge in [0.15, 0.2) is 0 Å². The smallest absolute Gasteiger partial charge is 0.134 e. The third kappa shape index (κ3) is 3.87. The number of ether oxygens (including phenoxy) is 1. The monoisotopic (exact) mass is 255 g/mol. The van der Waals surface area contributed by atoms with Crippen molar-refractivity contribution in [2.75, 3.05) is 13.2 Å². The van der Waals surface area contributed by atoms with E-state index in [1.54, 1.807) is 12.1 Å². The number of phenols is 1. The molecule has 4 heteroatoms. The molecule has 1 heterocycles. The lowest BCUT2D eigenvalue weighted by Crippen LogP contribution is -2.31. The summed E-state index contributed by atoms with van der Waals surface area (Å²) < 4.78 is 5.63. The fraction of sp³-hybridized carbons (Fsp3) is 0.538. The van der Waals surface area contributed by atoms with Gasteiger partial charge >= 0.3 is 0 Å². The lowest BCUT2D eigenvalue weighted by atomic mass is 10.1. The van der Waals surface area contributed by atoms with Gasteiger partial charge in [-0.05, 0) is 37.0 Å². The Morgan fingerprint density at radius 1 is 1.41 bits per heavy atom. The Balaban J connectivity index is 1.75. The van der Waals surface area contributed by atoms with E-state index in [1.165, 1.54) is 12.8 Å². The van der Waals surface area contributed by atoms with E-state index >= 15 is 0 Å². The zero-order valence-corrected chi connectivity index (χ0v) is 10.5. The van der Waals surface area contributed by atoms with Gasteiger partial charge in [0.2, 0.25) is 0 Å². The van der Waals surface area contributed by atoms with Crippen LogP contribution in [0.15, 0.2) is 18.2 Å². The lowest BCUT2D eigenvalue weighted by Gasteiger charge is -2.22. The molecule has 1 atom stereocenters. The predicted octanol–water partition coefficient (Wildman–Crippen LogP) is 2.70. The maximum Gasteiger partial charge on any atom is 0.134 e. The number of phenolic OH excluding ortho intramolecular Hbond substituents is 1. The van der Waals surface area contributed by atoms with E-state index in [4.69, 9.17) is 16.3 Å². The molecule has 0 amide bonds. The Kier molecular flexibility index (Phi) is 4.66. The molecule has 1 unspecified atom stereocenters. The number of hydrogen-bond acceptors (Lipinski definition) is 3. The van der Waals surface area contributed by atoms with Crippen LogP contribution in [-0.2, 0) is 11.3 Å². The van der Waals surface area contributed by atoms with Crippen LogP contribution in [0.25, 0.3) is 0 Å². The Labute approximate surface area is 107 Å². The average Bonchev–Trinajstić information content (AvgIpc) is 2.35. The molecule has 1 saturated heterocycles. The summed E-state index contributed by atoms with van der Waals surface area (Å²) in [6.45, 7) is 2.51. The number of hydrogen-bond donors (Lipinski definition) is 2. The molecule has 0 spiro atoms. The SMILES string of the molecule is Oc1ccc(CNCC2CCCCO2)cc1Cl. The molecule has 1 aliphatic rings. The fourth-order valence-corrected chi connectivity index (χ4v) is 2.21. The Morgan fingerprint density at radius 2 is 2.29 bits per heavy atom. The molecule has 0 aromatic heterocycles. The third-order valence-corrected chi connectivity index (χ3v) is 3.29. The standard InChI is InChI=1S/C13H18ClNO2/c14-12-7-10(4-5-13(12)16)8-15-9-11-3-1-2-6-17-11/h4-5,7,11,15-16H,1-3,6,8-9H2. The van der Waals surface area contributed by atoms with Crippen molar-refractivity contribution in [2.45, 2.75) is 31.9 Å². The fourth-order valence-electron chi connectivity index (χ4n) is 2.01. The van der Waals surface area contributed by atoms with E-state index in [0.29, 0.717) is 11.1 Å². The summed E-state index contributed by atoms with van der Waals surface area (Å²) in [4.78, 5) is 0. The highest BCUT2D eigenvalue weighted by atomic mass is 35.5. The second-order valence-electron chi connectivity index (χ2n) is 4.41. The van der Waals surface area contributed by atoms with E-state index in [9.17, 15) is 5.11 Å². The van der Waals surface area contributed by atoms with Crippen molar-refractivity contribution in [1.82, 2.24) is 5.32 Å². The van der Waals surface area contributed by atoms with E-state index in [2.05, 4.69) is 5.32 Å². The van der Waals surface area contributed by atoms with Gasteiger partial charge in [0.1, 0.15) is 5.75 Å². The van der Waals surface area contributed by atoms with Gasteiger partial charge in [0, 0.05) is 19.7 Å². The van der Waals surface area contributed by atoms with Gasteiger partial charge in [-0.25, -0.2) is 0 Å². The molecular formula is C13H18ClNO2. The highest BCUT2D eigenvalue weighted by molar-refractivity contribution is 6.32. The van der Waals surface area contributed by atoms with Crippen molar-refractivity contribution >= 4 is 11.6 Å². The minimum atomic E-state index is 0.131. The van der Waals surface area contributed by atoms with Crippen LogP contribution in [-0.4, -0.2) is 24.4 Å². The van der Waals surface area contributed by atoms with Crippen molar-refractivity contribution in [3.8, 4) is 5.75 Å². The van der Waals surface area contributed by atoms with Crippen LogP contribution in [0.1, 0.15) is 24.8 Å². The molecule has 1 aromatic carbocycles. The molecule has 0 aliphatic carbocycles. The Morgan fingerprint density at radius 3 is 3.00 bits per heavy atom. The number of rotatable bonds is 4. The first-order valence-electron chi connectivity index (χ1n) is 6.05. The molecule has 3 nitrogen and oxygen atoms in total. The highest BCUT2D eigenvalue weighted by Gasteiger charge is 2.12. The van der Waals surface area contributed by atoms with Crippen molar-refractivity contribution in [1.29, 1.82) is 0 Å². The summed E-state index contributed by atoms with van der Waals surface area (Å²) in [6, 6.07) is 5.28. The summed E-state index contributed by atoms with van der Waals surface area (Å²) >= 11 is 5.84. The molecule has 2 N–H and O–H groups in total. The number of halogens is 1. The minimum Gasteiger partial charge on any atom is -0.506 e. The van der Waals surface area contributed by atoms with Crippen LogP contribution in [0.3, 0.4) is 0 Å². The van der Waals surface area contributed by atoms with Crippen LogP contribution >= 0.6 is 11.6 Å². The summed E-state index contributed by atoms with van der Waals surface area (Å²) in [5.74, 6) is 0.131. The summed E-state index contributed by atoms with van der Waals surface area (Å²) in [6.07, 6.45) is 3.93. The molecule has 0 radical (unpaired) electrons. The topological polar surface area (TPSA) is 41.5 Å². The summed E-state index contributed by atoms with van der Waals surface area (Å²) in [5.41, 5.74) is 1.07. The maximum absolute atomic E-state index is 9.30. The molecule has 1 fully saturated rings. The molecule has 2 rings (SSSR count). The summed E-state index contributed by atoms with van der Waals surface area (Å²) in [7, 11) is 0. The van der Waals surface area contributed by atoms with Crippen molar-refractivity contribution in [3.63, 3.8) is 0 Å². The Bertz CT molecular complexity index is 364. The molecule has 0 saturated carbocycles. The van der Waals surface area contributed by atoms with E-state index in [1.807, 2.05) is 6.07 Å². The van der Waals surface area contributed by atoms with E-state index < -0.39 is 0 Å². The zero-order chi connectivity index (χ0) is 12.1. The van der Waals surface area contributed by atoms with Crippen molar-refractivity contribution < 1.29 is 9.84 Å². The van der Waals surface area contributed by atoms with Gasteiger partial charge in [0.25, 0.3) is 0 Å². The number of aromatic hydroxyl groups is 1. The van der Waals surface area contributed by atoms with E-state index in [0.717, 1.165) is 31.7 Å². The van der Waals surface area contributed by atoms with Crippen LogP contribution in [0.4, 0.5) is 0 Å². The Hall–Kier alpha value is -0.770. The molecule has 0 bridgehead atoms. The first-order chi connectivity index (χ1) is 8.25. The van der Waals surface area contributed by atoms with Crippen LogP contribution in [0.2, 0.25) is 5.02 Å². The molecule has 1 aromatic rings. The molecular weight excluding hydrogens is 238 g/mol. The normalized spacial score (nSPS) is 20.4. The third-order valence-electron chi connectivity index (χ3n) is 2.99. The number of benzene rings is 1. The van der Waals surface area contributed by atoms with Gasteiger partial charge in [-0.3, -0.25) is 0 Å². The van der Waals surface area contributed by atoms with Gasteiger partial charge in [-0.2, -0.15) is 0 Å².